The summed E-state index contributed by atoms with van der Waals surface area (Å²) in [4.78, 5) is 50.8. The Bertz CT molecular complexity index is 2200. The topological polar surface area (TPSA) is 204 Å². The van der Waals surface area contributed by atoms with Crippen LogP contribution >= 0.6 is 0 Å². The third-order valence-corrected chi connectivity index (χ3v) is 13.9. The van der Waals surface area contributed by atoms with Crippen LogP contribution in [0, 0.1) is 13.8 Å². The second kappa shape index (κ2) is 21.8. The van der Waals surface area contributed by atoms with Crippen LogP contribution in [0.15, 0.2) is 57.6 Å². The van der Waals surface area contributed by atoms with Crippen molar-refractivity contribution in [2.75, 3.05) is 14.1 Å². The molecule has 4 fully saturated rings. The Morgan fingerprint density at radius 2 is 0.956 bits per heavy atom. The number of carbonyl (C=O) groups excluding carboxylic acids is 2. The van der Waals surface area contributed by atoms with Crippen LogP contribution in [0.1, 0.15) is 125 Å². The summed E-state index contributed by atoms with van der Waals surface area (Å²) in [5.74, 6) is -0.811. The van der Waals surface area contributed by atoms with Gasteiger partial charge in [0.1, 0.15) is 36.9 Å². The number of benzene rings is 2. The number of halogens is 2. The Kier molecular flexibility index (Phi) is 16.0. The molecule has 368 valence electrons. The lowest BCUT2D eigenvalue weighted by atomic mass is 9.84. The zero-order valence-corrected chi connectivity index (χ0v) is 39.2. The van der Waals surface area contributed by atoms with E-state index in [1.54, 1.807) is 86.3 Å². The van der Waals surface area contributed by atoms with Crippen molar-refractivity contribution in [2.45, 2.75) is 165 Å². The van der Waals surface area contributed by atoms with Gasteiger partial charge in [0.05, 0.1) is 22.5 Å². The molecule has 16 nitrogen and oxygen atoms in total. The average molecular weight is 949 g/mol. The molecule has 68 heavy (non-hydrogen) atoms. The number of carboxylic acid groups (broad SMARTS) is 2. The Balaban J connectivity index is 0.000000201. The van der Waals surface area contributed by atoms with Crippen LogP contribution < -0.4 is 9.47 Å². The highest BCUT2D eigenvalue weighted by atomic mass is 19.1. The molecule has 4 aromatic rings. The summed E-state index contributed by atoms with van der Waals surface area (Å²) in [5, 5.41) is 26.4. The number of alkyl halides is 2. The number of aryl methyl sites for hydroxylation is 2. The molecule has 2 heterocycles. The zero-order chi connectivity index (χ0) is 48.6. The largest absolute Gasteiger partial charge is 0.490 e. The molecule has 2 N–H and O–H groups in total. The predicted octanol–water partition coefficient (Wildman–Crippen LogP) is 10.6. The van der Waals surface area contributed by atoms with E-state index in [2.05, 4.69) is 10.3 Å². The average Bonchev–Trinajstić information content (AvgIpc) is 4.18. The SMILES string of the molecule is Cc1noc(-c2ccc(O[C@@H]3CCC[C@@](F)(C(=O)O)C3)cc2)c1COC(=O)N(C)C1CCCC1.Cc1noc(-c2ccc(O[C@@H]3CCC[C@@](F)(C(=O)O)C3)cc2)c1COC(=O)N(C)C1CCCC1. The lowest BCUT2D eigenvalue weighted by Crippen LogP contribution is -2.42. The number of aliphatic carboxylic acids is 2. The van der Waals surface area contributed by atoms with E-state index in [1.165, 1.54) is 0 Å². The Morgan fingerprint density at radius 1 is 0.603 bits per heavy atom. The van der Waals surface area contributed by atoms with Crippen molar-refractivity contribution in [3.8, 4) is 34.1 Å². The molecular formula is C50H62F2N4O12. The highest BCUT2D eigenvalue weighted by Crippen LogP contribution is 2.37. The maximum absolute atomic E-state index is 14.5. The lowest BCUT2D eigenvalue weighted by molar-refractivity contribution is -0.156. The zero-order valence-electron chi connectivity index (χ0n) is 39.2. The molecule has 4 atom stereocenters. The molecule has 18 heteroatoms. The number of carboxylic acids is 2. The van der Waals surface area contributed by atoms with Crippen molar-refractivity contribution in [3.63, 3.8) is 0 Å². The van der Waals surface area contributed by atoms with Gasteiger partial charge in [0.2, 0.25) is 11.3 Å². The molecule has 4 aliphatic carbocycles. The number of hydrogen-bond donors (Lipinski definition) is 2. The molecule has 0 unspecified atom stereocenters. The van der Waals surface area contributed by atoms with Gasteiger partial charge in [0.15, 0.2) is 11.5 Å². The fourth-order valence-corrected chi connectivity index (χ4v) is 9.62. The van der Waals surface area contributed by atoms with Gasteiger partial charge in [0, 0.05) is 50.1 Å². The second-order valence-corrected chi connectivity index (χ2v) is 18.6. The molecule has 0 aliphatic heterocycles. The lowest BCUT2D eigenvalue weighted by Gasteiger charge is -2.31. The van der Waals surface area contributed by atoms with Crippen LogP contribution in [0.3, 0.4) is 0 Å². The first kappa shape index (κ1) is 49.7. The number of carbonyl (C=O) groups is 4. The molecule has 4 saturated carbocycles. The molecule has 0 spiro atoms. The van der Waals surface area contributed by atoms with Crippen LogP contribution in [0.5, 0.6) is 11.5 Å². The fourth-order valence-electron chi connectivity index (χ4n) is 9.62. The molecular weight excluding hydrogens is 887 g/mol. The molecule has 2 aromatic carbocycles. The first-order valence-corrected chi connectivity index (χ1v) is 23.6. The Morgan fingerprint density at radius 3 is 1.29 bits per heavy atom. The van der Waals surface area contributed by atoms with Crippen LogP contribution in [0.4, 0.5) is 18.4 Å². The van der Waals surface area contributed by atoms with Crippen molar-refractivity contribution < 1.29 is 66.2 Å². The van der Waals surface area contributed by atoms with Crippen molar-refractivity contribution >= 4 is 24.1 Å². The summed E-state index contributed by atoms with van der Waals surface area (Å²) >= 11 is 0. The van der Waals surface area contributed by atoms with E-state index in [-0.39, 0.29) is 63.2 Å². The Hall–Kier alpha value is -6.20. The first-order chi connectivity index (χ1) is 32.5. The first-order valence-electron chi connectivity index (χ1n) is 23.6. The molecule has 2 amide bonds. The standard InChI is InChI=1S/2C25H31FN2O6/c2*1-16-21(15-32-24(31)28(2)18-6-3-4-7-18)22(34-27-16)17-9-11-19(12-10-17)33-20-8-5-13-25(26,14-20)23(29)30/h2*9-12,18,20H,3-8,13-15H2,1-2H3,(H,29,30)/t2*20-,25+/m11/s1. The Labute approximate surface area is 394 Å². The van der Waals surface area contributed by atoms with Gasteiger partial charge in [-0.25, -0.2) is 28.0 Å². The molecule has 2 aromatic heterocycles. The number of aromatic nitrogens is 2. The number of nitrogens with zero attached hydrogens (tertiary/aromatic N) is 4. The molecule has 8 rings (SSSR count). The number of rotatable bonds is 14. The third kappa shape index (κ3) is 11.9. The van der Waals surface area contributed by atoms with Crippen LogP contribution in [-0.2, 0) is 32.3 Å². The molecule has 0 bridgehead atoms. The summed E-state index contributed by atoms with van der Waals surface area (Å²) in [6, 6.07) is 14.5. The van der Waals surface area contributed by atoms with Crippen molar-refractivity contribution in [1.29, 1.82) is 0 Å². The second-order valence-electron chi connectivity index (χ2n) is 18.6. The number of amides is 2. The minimum atomic E-state index is -2.24. The van der Waals surface area contributed by atoms with Gasteiger partial charge in [-0.3, -0.25) is 0 Å². The van der Waals surface area contributed by atoms with Crippen LogP contribution in [-0.4, -0.2) is 104 Å². The van der Waals surface area contributed by atoms with Crippen molar-refractivity contribution in [1.82, 2.24) is 20.1 Å². The minimum Gasteiger partial charge on any atom is -0.490 e. The third-order valence-electron chi connectivity index (χ3n) is 13.9. The quantitative estimate of drug-likeness (QED) is 0.121. The summed E-state index contributed by atoms with van der Waals surface area (Å²) in [5.41, 5.74) is -0.343. The minimum absolute atomic E-state index is 0.00970. The van der Waals surface area contributed by atoms with Gasteiger partial charge in [-0.2, -0.15) is 0 Å². The van der Waals surface area contributed by atoms with Gasteiger partial charge in [-0.05, 0) is 127 Å². The molecule has 0 saturated heterocycles. The van der Waals surface area contributed by atoms with Crippen LogP contribution in [0.2, 0.25) is 0 Å². The highest BCUT2D eigenvalue weighted by Gasteiger charge is 2.45. The molecule has 0 radical (unpaired) electrons. The maximum atomic E-state index is 14.5. The summed E-state index contributed by atoms with van der Waals surface area (Å²) in [7, 11) is 3.54. The van der Waals surface area contributed by atoms with E-state index in [1.807, 2.05) is 0 Å². The van der Waals surface area contributed by atoms with Gasteiger partial charge in [-0.15, -0.1) is 0 Å². The summed E-state index contributed by atoms with van der Waals surface area (Å²) < 4.78 is 62.8. The number of hydrogen-bond acceptors (Lipinski definition) is 12. The van der Waals surface area contributed by atoms with E-state index in [9.17, 15) is 28.0 Å². The maximum Gasteiger partial charge on any atom is 0.410 e. The van der Waals surface area contributed by atoms with Gasteiger partial charge in [-0.1, -0.05) is 36.0 Å². The molecule has 4 aliphatic rings. The fraction of sp³-hybridized carbons (Fsp3) is 0.560. The van der Waals surface area contributed by atoms with E-state index < -0.39 is 35.5 Å². The smallest absolute Gasteiger partial charge is 0.410 e. The van der Waals surface area contributed by atoms with Crippen molar-refractivity contribution in [3.05, 3.63) is 71.0 Å². The van der Waals surface area contributed by atoms with Gasteiger partial charge < -0.3 is 48.0 Å². The van der Waals surface area contributed by atoms with Crippen LogP contribution in [0.25, 0.3) is 22.6 Å². The monoisotopic (exact) mass is 948 g/mol. The van der Waals surface area contributed by atoms with E-state index >= 15 is 0 Å². The predicted molar refractivity (Wildman–Crippen MR) is 242 cm³/mol. The van der Waals surface area contributed by atoms with E-state index in [0.717, 1.165) is 62.5 Å². The van der Waals surface area contributed by atoms with Gasteiger partial charge >= 0.3 is 24.1 Å². The number of ether oxygens (including phenoxy) is 4. The summed E-state index contributed by atoms with van der Waals surface area (Å²) in [6.45, 7) is 3.69. The van der Waals surface area contributed by atoms with Gasteiger partial charge in [0.25, 0.3) is 0 Å². The van der Waals surface area contributed by atoms with E-state index in [4.69, 9.17) is 38.2 Å². The van der Waals surface area contributed by atoms with Crippen molar-refractivity contribution in [2.24, 2.45) is 0 Å². The van der Waals surface area contributed by atoms with E-state index in [0.29, 0.717) is 71.2 Å². The normalized spacial score (nSPS) is 23.0. The highest BCUT2D eigenvalue weighted by molar-refractivity contribution is 5.78. The summed E-state index contributed by atoms with van der Waals surface area (Å²) in [6.07, 6.45) is 8.61.